The molecule has 0 spiro atoms. The number of thioether (sulfide) groups is 1. The lowest BCUT2D eigenvalue weighted by atomic mass is 10.1. The van der Waals surface area contributed by atoms with Crippen LogP contribution < -0.4 is 10.6 Å². The third kappa shape index (κ3) is 5.82. The normalized spacial score (nSPS) is 11.4. The van der Waals surface area contributed by atoms with Crippen molar-refractivity contribution in [3.05, 3.63) is 65.0 Å². The summed E-state index contributed by atoms with van der Waals surface area (Å²) in [6, 6.07) is 11.0. The number of alkyl halides is 3. The Morgan fingerprint density at radius 1 is 1.09 bits per heavy atom. The number of nitrogens with one attached hydrogen (secondary N) is 2. The molecule has 0 atom stereocenters. The summed E-state index contributed by atoms with van der Waals surface area (Å²) in [6.45, 7) is 7.05. The Bertz CT molecular complexity index is 1100. The summed E-state index contributed by atoms with van der Waals surface area (Å²) < 4.78 is 41.2. The van der Waals surface area contributed by atoms with Gasteiger partial charge in [-0.1, -0.05) is 41.6 Å². The smallest absolute Gasteiger partial charge is 0.378 e. The van der Waals surface area contributed by atoms with Crippen LogP contribution in [0.2, 0.25) is 0 Å². The molecule has 0 aliphatic heterocycles. The molecule has 1 heterocycles. The summed E-state index contributed by atoms with van der Waals surface area (Å²) in [4.78, 5) is 12.3. The van der Waals surface area contributed by atoms with Crippen molar-refractivity contribution in [2.45, 2.75) is 45.2 Å². The van der Waals surface area contributed by atoms with Crippen LogP contribution in [-0.4, -0.2) is 26.4 Å². The van der Waals surface area contributed by atoms with E-state index in [1.165, 1.54) is 23.8 Å². The predicted molar refractivity (Wildman–Crippen MR) is 120 cm³/mol. The molecule has 0 fully saturated rings. The summed E-state index contributed by atoms with van der Waals surface area (Å²) in [5.74, 6) is 0.0690. The standard InChI is InChI=1S/C22H24F3N5OS/c1-4-30-19(12-26-17-10-9-14(2)11-15(17)3)28-29-21(30)32-13-20(31)27-18-8-6-5-7-16(18)22(23,24)25/h5-11,26H,4,12-13H2,1-3H3,(H,27,31). The number of nitrogens with zero attached hydrogens (tertiary/aromatic N) is 3. The maximum atomic E-state index is 13.1. The molecule has 0 radical (unpaired) electrons. The molecule has 10 heteroatoms. The molecule has 170 valence electrons. The van der Waals surface area contributed by atoms with Gasteiger partial charge in [-0.2, -0.15) is 13.2 Å². The number of benzene rings is 2. The Kier molecular flexibility index (Phi) is 7.44. The van der Waals surface area contributed by atoms with Crippen LogP contribution in [0, 0.1) is 13.8 Å². The molecule has 3 aromatic rings. The van der Waals surface area contributed by atoms with E-state index in [1.807, 2.05) is 37.5 Å². The molecule has 1 amide bonds. The van der Waals surface area contributed by atoms with E-state index in [0.29, 0.717) is 24.1 Å². The fourth-order valence-electron chi connectivity index (χ4n) is 3.22. The minimum absolute atomic E-state index is 0.0885. The second kappa shape index (κ2) is 10.1. The molecule has 0 saturated heterocycles. The van der Waals surface area contributed by atoms with Crippen LogP contribution in [0.4, 0.5) is 24.5 Å². The number of amides is 1. The van der Waals surface area contributed by atoms with Gasteiger partial charge in [-0.15, -0.1) is 10.2 Å². The Morgan fingerprint density at radius 3 is 2.53 bits per heavy atom. The summed E-state index contributed by atoms with van der Waals surface area (Å²) in [7, 11) is 0. The first-order valence-electron chi connectivity index (χ1n) is 10.0. The lowest BCUT2D eigenvalue weighted by Crippen LogP contribution is -2.18. The highest BCUT2D eigenvalue weighted by Crippen LogP contribution is 2.34. The van der Waals surface area contributed by atoms with Gasteiger partial charge in [-0.3, -0.25) is 4.79 Å². The Morgan fingerprint density at radius 2 is 1.84 bits per heavy atom. The first-order valence-corrected chi connectivity index (χ1v) is 11.0. The van der Waals surface area contributed by atoms with Crippen LogP contribution in [0.15, 0.2) is 47.6 Å². The third-order valence-corrected chi connectivity index (χ3v) is 5.73. The molecule has 0 unspecified atom stereocenters. The highest BCUT2D eigenvalue weighted by Gasteiger charge is 2.33. The second-order valence-corrected chi connectivity index (χ2v) is 8.14. The average Bonchev–Trinajstić information content (AvgIpc) is 3.13. The molecule has 0 aliphatic carbocycles. The van der Waals surface area contributed by atoms with Crippen molar-refractivity contribution < 1.29 is 18.0 Å². The number of rotatable bonds is 8. The van der Waals surface area contributed by atoms with E-state index < -0.39 is 17.6 Å². The summed E-state index contributed by atoms with van der Waals surface area (Å²) in [6.07, 6.45) is -4.54. The minimum Gasteiger partial charge on any atom is -0.378 e. The summed E-state index contributed by atoms with van der Waals surface area (Å²) in [5, 5.41) is 14.6. The maximum absolute atomic E-state index is 13.1. The Labute approximate surface area is 188 Å². The third-order valence-electron chi connectivity index (χ3n) is 4.77. The SMILES string of the molecule is CCn1c(CNc2ccc(C)cc2C)nnc1SCC(=O)Nc1ccccc1C(F)(F)F. The number of aromatic nitrogens is 3. The molecule has 2 N–H and O–H groups in total. The number of hydrogen-bond donors (Lipinski definition) is 2. The molecule has 32 heavy (non-hydrogen) atoms. The first kappa shape index (κ1) is 23.6. The summed E-state index contributed by atoms with van der Waals surface area (Å²) in [5.41, 5.74) is 2.16. The Balaban J connectivity index is 1.62. The van der Waals surface area contributed by atoms with Gasteiger partial charge >= 0.3 is 6.18 Å². The number of anilines is 2. The topological polar surface area (TPSA) is 71.8 Å². The molecule has 0 aliphatic rings. The van der Waals surface area contributed by atoms with Gasteiger partial charge in [-0.25, -0.2) is 0 Å². The fraction of sp³-hybridized carbons (Fsp3) is 0.318. The average molecular weight is 464 g/mol. The quantitative estimate of drug-likeness (QED) is 0.445. The predicted octanol–water partition coefficient (Wildman–Crippen LogP) is 5.28. The van der Waals surface area contributed by atoms with Crippen LogP contribution in [0.25, 0.3) is 0 Å². The van der Waals surface area contributed by atoms with Gasteiger partial charge in [-0.05, 0) is 44.5 Å². The van der Waals surface area contributed by atoms with Crippen molar-refractivity contribution >= 4 is 29.0 Å². The zero-order valence-electron chi connectivity index (χ0n) is 18.0. The van der Waals surface area contributed by atoms with E-state index in [1.54, 1.807) is 0 Å². The molecule has 3 rings (SSSR count). The van der Waals surface area contributed by atoms with E-state index in [2.05, 4.69) is 26.9 Å². The molecule has 0 saturated carbocycles. The van der Waals surface area contributed by atoms with Gasteiger partial charge in [0, 0.05) is 12.2 Å². The van der Waals surface area contributed by atoms with E-state index >= 15 is 0 Å². The van der Waals surface area contributed by atoms with Crippen LogP contribution in [0.1, 0.15) is 29.4 Å². The van der Waals surface area contributed by atoms with Crippen molar-refractivity contribution in [1.29, 1.82) is 0 Å². The van der Waals surface area contributed by atoms with Gasteiger partial charge in [0.05, 0.1) is 23.5 Å². The van der Waals surface area contributed by atoms with Crippen LogP contribution in [0.5, 0.6) is 0 Å². The maximum Gasteiger partial charge on any atom is 0.418 e. The Hall–Kier alpha value is -3.01. The molecule has 1 aromatic heterocycles. The highest BCUT2D eigenvalue weighted by atomic mass is 32.2. The molecular weight excluding hydrogens is 439 g/mol. The van der Waals surface area contributed by atoms with E-state index in [-0.39, 0.29) is 11.4 Å². The fourth-order valence-corrected chi connectivity index (χ4v) is 4.04. The van der Waals surface area contributed by atoms with Crippen molar-refractivity contribution in [2.24, 2.45) is 0 Å². The van der Waals surface area contributed by atoms with Crippen LogP contribution in [-0.2, 0) is 24.1 Å². The van der Waals surface area contributed by atoms with Gasteiger partial charge in [0.2, 0.25) is 5.91 Å². The van der Waals surface area contributed by atoms with E-state index in [0.717, 1.165) is 29.1 Å². The first-order chi connectivity index (χ1) is 15.2. The van der Waals surface area contributed by atoms with Gasteiger partial charge in [0.25, 0.3) is 0 Å². The molecule has 6 nitrogen and oxygen atoms in total. The lowest BCUT2D eigenvalue weighted by molar-refractivity contribution is -0.137. The lowest BCUT2D eigenvalue weighted by Gasteiger charge is -2.13. The highest BCUT2D eigenvalue weighted by molar-refractivity contribution is 7.99. The zero-order valence-corrected chi connectivity index (χ0v) is 18.8. The van der Waals surface area contributed by atoms with Crippen LogP contribution >= 0.6 is 11.8 Å². The van der Waals surface area contributed by atoms with E-state index in [4.69, 9.17) is 0 Å². The van der Waals surface area contributed by atoms with Crippen LogP contribution in [0.3, 0.4) is 0 Å². The molecular formula is C22H24F3N5OS. The largest absolute Gasteiger partial charge is 0.418 e. The van der Waals surface area contributed by atoms with Gasteiger partial charge in [0.1, 0.15) is 0 Å². The number of aryl methyl sites for hydroxylation is 2. The van der Waals surface area contributed by atoms with Crippen molar-refractivity contribution in [3.8, 4) is 0 Å². The number of hydrogen-bond acceptors (Lipinski definition) is 5. The number of carbonyl (C=O) groups excluding carboxylic acids is 1. The van der Waals surface area contributed by atoms with Gasteiger partial charge < -0.3 is 15.2 Å². The number of carbonyl (C=O) groups is 1. The zero-order chi connectivity index (χ0) is 23.3. The minimum atomic E-state index is -4.54. The number of halogens is 3. The number of para-hydroxylation sites is 1. The summed E-state index contributed by atoms with van der Waals surface area (Å²) >= 11 is 1.13. The van der Waals surface area contributed by atoms with E-state index in [9.17, 15) is 18.0 Å². The second-order valence-electron chi connectivity index (χ2n) is 7.20. The monoisotopic (exact) mass is 463 g/mol. The molecule has 0 bridgehead atoms. The van der Waals surface area contributed by atoms with Gasteiger partial charge in [0.15, 0.2) is 11.0 Å². The van der Waals surface area contributed by atoms with Crippen molar-refractivity contribution in [1.82, 2.24) is 14.8 Å². The van der Waals surface area contributed by atoms with Crippen molar-refractivity contribution in [2.75, 3.05) is 16.4 Å². The van der Waals surface area contributed by atoms with Crippen molar-refractivity contribution in [3.63, 3.8) is 0 Å². The molecule has 2 aromatic carbocycles.